The summed E-state index contributed by atoms with van der Waals surface area (Å²) in [6, 6.07) is 0. The molecule has 0 aromatic carbocycles. The number of hydrogen-bond donors (Lipinski definition) is 0. The molecule has 1 rings (SSSR count). The first-order chi connectivity index (χ1) is 4.64. The predicted molar refractivity (Wildman–Crippen MR) is 40.9 cm³/mol. The van der Waals surface area contributed by atoms with Crippen LogP contribution in [0.4, 0.5) is 4.39 Å². The molecule has 0 unspecified atom stereocenters. The molecule has 1 heterocycles. The molecule has 1 atom stereocenters. The molecule has 0 radical (unpaired) electrons. The lowest BCUT2D eigenvalue weighted by atomic mass is 10.1. The van der Waals surface area contributed by atoms with Gasteiger partial charge in [-0.2, -0.15) is 0 Å². The Bertz CT molecular complexity index is 112. The molecule has 1 nitrogen and oxygen atoms in total. The Hall–Kier alpha value is -0.110. The molecule has 0 amide bonds. The minimum Gasteiger partial charge on any atom is -0.300 e. The molecule has 0 N–H and O–H groups in total. The first-order valence-electron chi connectivity index (χ1n) is 4.05. The first-order valence-corrected chi connectivity index (χ1v) is 4.05. The lowest BCUT2D eigenvalue weighted by Gasteiger charge is -2.15. The van der Waals surface area contributed by atoms with Crippen LogP contribution in [0.3, 0.4) is 0 Å². The highest BCUT2D eigenvalue weighted by molar-refractivity contribution is 4.85. The fourth-order valence-corrected chi connectivity index (χ4v) is 1.52. The van der Waals surface area contributed by atoms with E-state index in [0.29, 0.717) is 13.0 Å². The van der Waals surface area contributed by atoms with Gasteiger partial charge in [0.25, 0.3) is 0 Å². The van der Waals surface area contributed by atoms with Gasteiger partial charge in [-0.1, -0.05) is 6.92 Å². The van der Waals surface area contributed by atoms with Gasteiger partial charge in [0, 0.05) is 13.1 Å². The average molecular weight is 145 g/mol. The Morgan fingerprint density at radius 2 is 2.30 bits per heavy atom. The van der Waals surface area contributed by atoms with E-state index in [2.05, 4.69) is 11.8 Å². The van der Waals surface area contributed by atoms with Crippen LogP contribution in [0.15, 0.2) is 0 Å². The van der Waals surface area contributed by atoms with E-state index in [1.165, 1.54) is 0 Å². The Balaban J connectivity index is 2.29. The highest BCUT2D eigenvalue weighted by Gasteiger charge is 2.32. The summed E-state index contributed by atoms with van der Waals surface area (Å²) < 4.78 is 13.1. The molecule has 10 heavy (non-hydrogen) atoms. The maximum absolute atomic E-state index is 13.1. The van der Waals surface area contributed by atoms with E-state index in [0.717, 1.165) is 19.5 Å². The van der Waals surface area contributed by atoms with Crippen LogP contribution in [0.25, 0.3) is 0 Å². The average Bonchev–Trinajstić information content (AvgIpc) is 2.12. The zero-order valence-electron chi connectivity index (χ0n) is 6.86. The molecule has 1 aliphatic rings. The maximum atomic E-state index is 13.1. The zero-order valence-corrected chi connectivity index (χ0v) is 6.86. The largest absolute Gasteiger partial charge is 0.300 e. The van der Waals surface area contributed by atoms with Gasteiger partial charge in [0.2, 0.25) is 0 Å². The highest BCUT2D eigenvalue weighted by Crippen LogP contribution is 2.24. The normalized spacial score (nSPS) is 35.1. The van der Waals surface area contributed by atoms with Crippen molar-refractivity contribution in [3.8, 4) is 0 Å². The van der Waals surface area contributed by atoms with Crippen LogP contribution in [-0.2, 0) is 0 Å². The van der Waals surface area contributed by atoms with Gasteiger partial charge in [0.1, 0.15) is 5.67 Å². The van der Waals surface area contributed by atoms with Crippen molar-refractivity contribution < 1.29 is 4.39 Å². The lowest BCUT2D eigenvalue weighted by Crippen LogP contribution is -2.26. The van der Waals surface area contributed by atoms with E-state index in [-0.39, 0.29) is 0 Å². The fraction of sp³-hybridized carbons (Fsp3) is 1.00. The fourth-order valence-electron chi connectivity index (χ4n) is 1.52. The third-order valence-corrected chi connectivity index (χ3v) is 2.04. The van der Waals surface area contributed by atoms with Crippen LogP contribution in [0.5, 0.6) is 0 Å². The van der Waals surface area contributed by atoms with Crippen molar-refractivity contribution in [1.82, 2.24) is 4.90 Å². The van der Waals surface area contributed by atoms with E-state index in [4.69, 9.17) is 0 Å². The lowest BCUT2D eigenvalue weighted by molar-refractivity contribution is 0.189. The van der Waals surface area contributed by atoms with Crippen molar-refractivity contribution in [2.75, 3.05) is 19.6 Å². The van der Waals surface area contributed by atoms with Gasteiger partial charge in [0.05, 0.1) is 0 Å². The first kappa shape index (κ1) is 7.99. The minimum atomic E-state index is -0.908. The summed E-state index contributed by atoms with van der Waals surface area (Å²) in [6.45, 7) is 6.47. The molecule has 0 saturated carbocycles. The number of alkyl halides is 1. The Labute approximate surface area is 62.2 Å². The van der Waals surface area contributed by atoms with Gasteiger partial charge in [0.15, 0.2) is 0 Å². The number of hydrogen-bond acceptors (Lipinski definition) is 1. The maximum Gasteiger partial charge on any atom is 0.122 e. The topological polar surface area (TPSA) is 3.24 Å². The summed E-state index contributed by atoms with van der Waals surface area (Å²) in [5, 5.41) is 0. The van der Waals surface area contributed by atoms with Crippen molar-refractivity contribution in [3.63, 3.8) is 0 Å². The van der Waals surface area contributed by atoms with Gasteiger partial charge in [-0.05, 0) is 26.3 Å². The summed E-state index contributed by atoms with van der Waals surface area (Å²) in [7, 11) is 0. The monoisotopic (exact) mass is 145 g/mol. The second-order valence-electron chi connectivity index (χ2n) is 3.44. The SMILES string of the molecule is CCCN1CC[C@@](C)(F)C1. The van der Waals surface area contributed by atoms with E-state index < -0.39 is 5.67 Å². The van der Waals surface area contributed by atoms with Gasteiger partial charge < -0.3 is 4.90 Å². The predicted octanol–water partition coefficient (Wildman–Crippen LogP) is 1.83. The summed E-state index contributed by atoms with van der Waals surface area (Å²) in [5.74, 6) is 0. The minimum absolute atomic E-state index is 0.640. The quantitative estimate of drug-likeness (QED) is 0.573. The van der Waals surface area contributed by atoms with Gasteiger partial charge in [-0.25, -0.2) is 4.39 Å². The smallest absolute Gasteiger partial charge is 0.122 e. The van der Waals surface area contributed by atoms with Crippen LogP contribution in [-0.4, -0.2) is 30.2 Å². The van der Waals surface area contributed by atoms with Crippen molar-refractivity contribution in [1.29, 1.82) is 0 Å². The number of halogens is 1. The Morgan fingerprint density at radius 1 is 1.60 bits per heavy atom. The van der Waals surface area contributed by atoms with E-state index in [9.17, 15) is 4.39 Å². The van der Waals surface area contributed by atoms with Crippen molar-refractivity contribution in [3.05, 3.63) is 0 Å². The van der Waals surface area contributed by atoms with E-state index in [1.807, 2.05) is 0 Å². The Kier molecular flexibility index (Phi) is 2.29. The van der Waals surface area contributed by atoms with Crippen LogP contribution < -0.4 is 0 Å². The molecule has 1 fully saturated rings. The molecule has 0 aromatic rings. The molecular formula is C8H16FN. The molecule has 0 bridgehead atoms. The van der Waals surface area contributed by atoms with Crippen molar-refractivity contribution in [2.24, 2.45) is 0 Å². The molecule has 60 valence electrons. The van der Waals surface area contributed by atoms with Crippen LogP contribution in [0.1, 0.15) is 26.7 Å². The van der Waals surface area contributed by atoms with Gasteiger partial charge in [-0.15, -0.1) is 0 Å². The molecule has 1 aliphatic heterocycles. The summed E-state index contributed by atoms with van der Waals surface area (Å²) >= 11 is 0. The third-order valence-electron chi connectivity index (χ3n) is 2.04. The van der Waals surface area contributed by atoms with Crippen LogP contribution in [0, 0.1) is 0 Å². The van der Waals surface area contributed by atoms with Gasteiger partial charge in [-0.3, -0.25) is 0 Å². The summed E-state index contributed by atoms with van der Waals surface area (Å²) in [4.78, 5) is 2.19. The van der Waals surface area contributed by atoms with Gasteiger partial charge >= 0.3 is 0 Å². The molecule has 0 spiro atoms. The van der Waals surface area contributed by atoms with Crippen LogP contribution >= 0.6 is 0 Å². The third kappa shape index (κ3) is 1.94. The van der Waals surface area contributed by atoms with Crippen molar-refractivity contribution in [2.45, 2.75) is 32.4 Å². The summed E-state index contributed by atoms with van der Waals surface area (Å²) in [5.41, 5.74) is -0.908. The standard InChI is InChI=1S/C8H16FN/c1-3-5-10-6-4-8(2,9)7-10/h3-7H2,1-2H3/t8-/m1/s1. The number of nitrogens with zero attached hydrogens (tertiary/aromatic N) is 1. The number of rotatable bonds is 2. The van der Waals surface area contributed by atoms with E-state index >= 15 is 0 Å². The molecular weight excluding hydrogens is 129 g/mol. The number of likely N-dealkylation sites (tertiary alicyclic amines) is 1. The van der Waals surface area contributed by atoms with Crippen molar-refractivity contribution >= 4 is 0 Å². The van der Waals surface area contributed by atoms with Crippen LogP contribution in [0.2, 0.25) is 0 Å². The second kappa shape index (κ2) is 2.87. The zero-order chi connectivity index (χ0) is 7.61. The molecule has 0 aliphatic carbocycles. The molecule has 0 aromatic heterocycles. The Morgan fingerprint density at radius 3 is 2.70 bits per heavy atom. The highest BCUT2D eigenvalue weighted by atomic mass is 19.1. The van der Waals surface area contributed by atoms with E-state index in [1.54, 1.807) is 6.92 Å². The molecule has 2 heteroatoms. The molecule has 1 saturated heterocycles. The summed E-state index contributed by atoms with van der Waals surface area (Å²) in [6.07, 6.45) is 1.85. The second-order valence-corrected chi connectivity index (χ2v) is 3.44.